The van der Waals surface area contributed by atoms with Gasteiger partial charge in [-0.1, -0.05) is 17.8 Å². The highest BCUT2D eigenvalue weighted by molar-refractivity contribution is 7.99. The third kappa shape index (κ3) is 1.52. The predicted octanol–water partition coefficient (Wildman–Crippen LogP) is 3.65. The third-order valence-corrected chi connectivity index (χ3v) is 4.67. The summed E-state index contributed by atoms with van der Waals surface area (Å²) < 4.78 is 15.5. The summed E-state index contributed by atoms with van der Waals surface area (Å²) in [7, 11) is 0. The van der Waals surface area contributed by atoms with Gasteiger partial charge in [0.1, 0.15) is 5.82 Å². The van der Waals surface area contributed by atoms with Crippen molar-refractivity contribution in [1.29, 1.82) is 0 Å². The number of hydrogen-bond donors (Lipinski definition) is 1. The van der Waals surface area contributed by atoms with Crippen LogP contribution in [0.4, 0.5) is 4.39 Å². The molecule has 4 rings (SSSR count). The van der Waals surface area contributed by atoms with Gasteiger partial charge in [0.2, 0.25) is 0 Å². The molecule has 0 radical (unpaired) electrons. The molecule has 1 aliphatic heterocycles. The third-order valence-electron chi connectivity index (χ3n) is 3.27. The lowest BCUT2D eigenvalue weighted by Gasteiger charge is -2.21. The van der Waals surface area contributed by atoms with E-state index in [0.717, 1.165) is 15.3 Å². The van der Waals surface area contributed by atoms with Crippen LogP contribution < -0.4 is 5.56 Å². The van der Waals surface area contributed by atoms with E-state index in [2.05, 4.69) is 4.98 Å². The molecule has 0 saturated heterocycles. The van der Waals surface area contributed by atoms with E-state index < -0.39 is 0 Å². The number of benzene rings is 2. The van der Waals surface area contributed by atoms with Crippen LogP contribution in [0, 0.1) is 10.6 Å². The summed E-state index contributed by atoms with van der Waals surface area (Å²) in [6.45, 7) is 0. The Morgan fingerprint density at radius 3 is 2.90 bits per heavy atom. The molecule has 1 aromatic heterocycles. The van der Waals surface area contributed by atoms with Gasteiger partial charge in [0, 0.05) is 9.79 Å². The van der Waals surface area contributed by atoms with E-state index in [4.69, 9.17) is 12.2 Å². The molecule has 3 nitrogen and oxygen atoms in total. The van der Waals surface area contributed by atoms with Gasteiger partial charge in [-0.15, -0.1) is 0 Å². The van der Waals surface area contributed by atoms with Crippen molar-refractivity contribution in [2.45, 2.75) is 9.79 Å². The molecule has 1 aliphatic rings. The fourth-order valence-corrected chi connectivity index (χ4v) is 3.80. The Labute approximate surface area is 122 Å². The quantitative estimate of drug-likeness (QED) is 0.504. The van der Waals surface area contributed by atoms with Gasteiger partial charge in [0.25, 0.3) is 5.56 Å². The first-order valence-electron chi connectivity index (χ1n) is 5.91. The van der Waals surface area contributed by atoms with Crippen LogP contribution in [-0.2, 0) is 0 Å². The highest BCUT2D eigenvalue weighted by atomic mass is 32.2. The van der Waals surface area contributed by atoms with Crippen molar-refractivity contribution in [1.82, 2.24) is 9.55 Å². The summed E-state index contributed by atoms with van der Waals surface area (Å²) >= 11 is 6.77. The number of hydrogen-bond acceptors (Lipinski definition) is 3. The Kier molecular flexibility index (Phi) is 2.40. The molecule has 6 heteroatoms. The van der Waals surface area contributed by atoms with Gasteiger partial charge in [-0.2, -0.15) is 0 Å². The lowest BCUT2D eigenvalue weighted by atomic mass is 10.2. The zero-order valence-electron chi connectivity index (χ0n) is 10.0. The molecule has 1 N–H and O–H groups in total. The van der Waals surface area contributed by atoms with Crippen molar-refractivity contribution < 1.29 is 4.39 Å². The van der Waals surface area contributed by atoms with Crippen LogP contribution in [0.5, 0.6) is 0 Å². The summed E-state index contributed by atoms with van der Waals surface area (Å²) in [6.07, 6.45) is 0. The van der Waals surface area contributed by atoms with Gasteiger partial charge in [-0.3, -0.25) is 14.3 Å². The summed E-state index contributed by atoms with van der Waals surface area (Å²) in [5, 5.41) is 0.554. The average molecular weight is 302 g/mol. The Morgan fingerprint density at radius 2 is 2.05 bits per heavy atom. The molecule has 0 fully saturated rings. The molecule has 0 aliphatic carbocycles. The zero-order valence-corrected chi connectivity index (χ0v) is 11.6. The molecule has 0 amide bonds. The number of para-hydroxylation sites is 1. The van der Waals surface area contributed by atoms with Gasteiger partial charge in [-0.25, -0.2) is 4.39 Å². The molecule has 98 valence electrons. The number of H-pyrrole nitrogens is 1. The minimum atomic E-state index is -0.329. The van der Waals surface area contributed by atoms with Crippen LogP contribution in [0.2, 0.25) is 0 Å². The molecule has 0 bridgehead atoms. The Morgan fingerprint density at radius 1 is 1.20 bits per heavy atom. The summed E-state index contributed by atoms with van der Waals surface area (Å²) in [5.41, 5.74) is 1.19. The van der Waals surface area contributed by atoms with Gasteiger partial charge in [0.15, 0.2) is 4.77 Å². The first kappa shape index (κ1) is 11.9. The minimum absolute atomic E-state index is 0.219. The molecule has 0 atom stereocenters. The summed E-state index contributed by atoms with van der Waals surface area (Å²) in [4.78, 5) is 16.5. The van der Waals surface area contributed by atoms with Crippen LogP contribution in [0.25, 0.3) is 16.6 Å². The first-order chi connectivity index (χ1) is 9.65. The van der Waals surface area contributed by atoms with Crippen molar-refractivity contribution in [3.63, 3.8) is 0 Å². The zero-order chi connectivity index (χ0) is 13.9. The fourth-order valence-electron chi connectivity index (χ4n) is 2.44. The number of nitrogens with zero attached hydrogens (tertiary/aromatic N) is 1. The Balaban J connectivity index is 2.30. The Bertz CT molecular complexity index is 991. The highest BCUT2D eigenvalue weighted by Crippen LogP contribution is 2.41. The second kappa shape index (κ2) is 4.04. The monoisotopic (exact) mass is 302 g/mol. The first-order valence-corrected chi connectivity index (χ1v) is 7.13. The maximum absolute atomic E-state index is 13.5. The maximum atomic E-state index is 13.5. The van der Waals surface area contributed by atoms with Crippen molar-refractivity contribution in [3.05, 3.63) is 57.3 Å². The number of nitrogens with one attached hydrogen (secondary N) is 1. The van der Waals surface area contributed by atoms with E-state index in [1.54, 1.807) is 16.7 Å². The minimum Gasteiger partial charge on any atom is -0.298 e. The molecule has 2 aromatic carbocycles. The number of rotatable bonds is 0. The SMILES string of the molecule is O=c1[nH]c(=S)n2c3c(cccc13)Sc1ccc(F)cc1-2. The standard InChI is InChI=1S/C14H7FN2OS2/c15-7-4-5-10-9(6-7)17-12-8(13(18)16-14(17)19)2-1-3-11(12)20-10/h1-6H,(H,16,18,19). The van der Waals surface area contributed by atoms with E-state index in [0.29, 0.717) is 11.1 Å². The number of aromatic amines is 1. The molecule has 0 saturated carbocycles. The number of aromatic nitrogens is 2. The van der Waals surface area contributed by atoms with Crippen molar-refractivity contribution >= 4 is 34.9 Å². The smallest absolute Gasteiger partial charge is 0.259 e. The Hall–Kier alpha value is -1.92. The van der Waals surface area contributed by atoms with Gasteiger partial charge in [-0.05, 0) is 42.5 Å². The van der Waals surface area contributed by atoms with Crippen LogP contribution in [-0.4, -0.2) is 9.55 Å². The van der Waals surface area contributed by atoms with Crippen molar-refractivity contribution in [2.75, 3.05) is 0 Å². The average Bonchev–Trinajstić information content (AvgIpc) is 2.43. The van der Waals surface area contributed by atoms with E-state index in [1.165, 1.54) is 23.9 Å². The van der Waals surface area contributed by atoms with Gasteiger partial charge >= 0.3 is 0 Å². The second-order valence-electron chi connectivity index (χ2n) is 4.46. The molecule has 0 unspecified atom stereocenters. The van der Waals surface area contributed by atoms with Gasteiger partial charge < -0.3 is 0 Å². The maximum Gasteiger partial charge on any atom is 0.259 e. The number of fused-ring (bicyclic) bond motifs is 2. The largest absolute Gasteiger partial charge is 0.298 e. The lowest BCUT2D eigenvalue weighted by molar-refractivity contribution is 0.624. The number of halogens is 1. The van der Waals surface area contributed by atoms with E-state index >= 15 is 0 Å². The predicted molar refractivity (Wildman–Crippen MR) is 78.8 cm³/mol. The van der Waals surface area contributed by atoms with E-state index in [9.17, 15) is 9.18 Å². The molecule has 20 heavy (non-hydrogen) atoms. The van der Waals surface area contributed by atoms with Crippen LogP contribution >= 0.6 is 24.0 Å². The van der Waals surface area contributed by atoms with Crippen LogP contribution in [0.3, 0.4) is 0 Å². The fraction of sp³-hybridized carbons (Fsp3) is 0. The van der Waals surface area contributed by atoms with Crippen LogP contribution in [0.1, 0.15) is 0 Å². The summed E-state index contributed by atoms with van der Waals surface area (Å²) in [6, 6.07) is 10.1. The summed E-state index contributed by atoms with van der Waals surface area (Å²) in [5.74, 6) is -0.329. The molecular weight excluding hydrogens is 295 g/mol. The molecule has 3 aromatic rings. The van der Waals surface area contributed by atoms with Gasteiger partial charge in [0.05, 0.1) is 16.6 Å². The van der Waals surface area contributed by atoms with E-state index in [1.807, 2.05) is 12.1 Å². The lowest BCUT2D eigenvalue weighted by Crippen LogP contribution is -2.16. The van der Waals surface area contributed by atoms with Crippen molar-refractivity contribution in [2.24, 2.45) is 0 Å². The molecule has 0 spiro atoms. The van der Waals surface area contributed by atoms with E-state index in [-0.39, 0.29) is 16.1 Å². The molecule has 2 heterocycles. The normalized spacial score (nSPS) is 12.4. The highest BCUT2D eigenvalue weighted by Gasteiger charge is 2.20. The second-order valence-corrected chi connectivity index (χ2v) is 5.93. The van der Waals surface area contributed by atoms with Crippen molar-refractivity contribution in [3.8, 4) is 5.69 Å². The molecular formula is C14H7FN2OS2. The van der Waals surface area contributed by atoms with Crippen LogP contribution in [0.15, 0.2) is 51.0 Å². The topological polar surface area (TPSA) is 37.8 Å².